The van der Waals surface area contributed by atoms with E-state index in [0.29, 0.717) is 48.8 Å². The van der Waals surface area contributed by atoms with Crippen LogP contribution in [0.2, 0.25) is 0 Å². The van der Waals surface area contributed by atoms with Crippen LogP contribution in [0.4, 0.5) is 24.7 Å². The van der Waals surface area contributed by atoms with Crippen molar-refractivity contribution in [3.8, 4) is 11.4 Å². The van der Waals surface area contributed by atoms with Crippen LogP contribution in [0, 0.1) is 17.0 Å². The molecule has 0 radical (unpaired) electrons. The second kappa shape index (κ2) is 7.97. The highest BCUT2D eigenvalue weighted by molar-refractivity contribution is 5.61. The molecule has 8 nitrogen and oxygen atoms in total. The van der Waals surface area contributed by atoms with E-state index < -0.39 is 22.8 Å². The molecule has 3 heterocycles. The number of hydrogen-bond donors (Lipinski definition) is 0. The fraction of sp³-hybridized carbons (Fsp3) is 0.350. The van der Waals surface area contributed by atoms with Crippen molar-refractivity contribution >= 4 is 11.5 Å². The van der Waals surface area contributed by atoms with Gasteiger partial charge in [-0.25, -0.2) is 9.97 Å². The molecule has 1 atom stereocenters. The second-order valence-corrected chi connectivity index (χ2v) is 7.40. The van der Waals surface area contributed by atoms with Crippen molar-refractivity contribution in [1.29, 1.82) is 0 Å². The molecule has 0 bridgehead atoms. The highest BCUT2D eigenvalue weighted by Gasteiger charge is 2.37. The lowest BCUT2D eigenvalue weighted by molar-refractivity contribution is -0.384. The number of hydrogen-bond acceptors (Lipinski definition) is 6. The number of rotatable bonds is 4. The number of nitro benzene ring substituents is 1. The van der Waals surface area contributed by atoms with Crippen molar-refractivity contribution in [2.75, 3.05) is 18.0 Å². The van der Waals surface area contributed by atoms with Gasteiger partial charge < -0.3 is 4.90 Å². The Morgan fingerprint density at radius 2 is 2.00 bits per heavy atom. The summed E-state index contributed by atoms with van der Waals surface area (Å²) in [6.45, 7) is 2.72. The van der Waals surface area contributed by atoms with Gasteiger partial charge in [-0.2, -0.15) is 18.3 Å². The zero-order valence-electron chi connectivity index (χ0n) is 16.6. The summed E-state index contributed by atoms with van der Waals surface area (Å²) >= 11 is 0. The average molecular weight is 432 g/mol. The monoisotopic (exact) mass is 432 g/mol. The molecule has 0 unspecified atom stereocenters. The van der Waals surface area contributed by atoms with Crippen LogP contribution in [0.1, 0.15) is 30.3 Å². The maximum atomic E-state index is 13.3. The molecule has 11 heteroatoms. The number of anilines is 1. The third kappa shape index (κ3) is 4.35. The molecule has 0 N–H and O–H groups in total. The van der Waals surface area contributed by atoms with Crippen molar-refractivity contribution in [3.63, 3.8) is 0 Å². The summed E-state index contributed by atoms with van der Waals surface area (Å²) in [5.41, 5.74) is 0.318. The van der Waals surface area contributed by atoms with E-state index in [1.165, 1.54) is 12.1 Å². The summed E-state index contributed by atoms with van der Waals surface area (Å²) in [6, 6.07) is 8.33. The molecule has 0 aliphatic carbocycles. The van der Waals surface area contributed by atoms with Gasteiger partial charge >= 0.3 is 6.18 Å². The maximum Gasteiger partial charge on any atom is 0.433 e. The molecule has 1 aromatic carbocycles. The Morgan fingerprint density at radius 3 is 2.74 bits per heavy atom. The Kier molecular flexibility index (Phi) is 5.34. The minimum absolute atomic E-state index is 0.0689. The summed E-state index contributed by atoms with van der Waals surface area (Å²) in [7, 11) is 0. The van der Waals surface area contributed by atoms with Crippen LogP contribution >= 0.6 is 0 Å². The average Bonchev–Trinajstić information content (AvgIpc) is 3.24. The van der Waals surface area contributed by atoms with E-state index in [2.05, 4.69) is 15.1 Å². The van der Waals surface area contributed by atoms with Gasteiger partial charge in [0.15, 0.2) is 5.82 Å². The predicted molar refractivity (Wildman–Crippen MR) is 107 cm³/mol. The summed E-state index contributed by atoms with van der Waals surface area (Å²) in [6.07, 6.45) is -2.06. The zero-order valence-corrected chi connectivity index (χ0v) is 16.6. The standard InChI is InChI=1S/C20H19F3N6O2/c1-13-10-18(26-19(25-13)14-4-2-5-15(11-14)29(30)31)27-9-3-6-16(12-27)28-17(7-8-24-28)20(21,22)23/h2,4-5,7-8,10-11,16H,3,6,9,12H2,1H3/t16-/m0/s1. The maximum absolute atomic E-state index is 13.3. The first kappa shape index (κ1) is 20.8. The van der Waals surface area contributed by atoms with Crippen molar-refractivity contribution < 1.29 is 18.1 Å². The van der Waals surface area contributed by atoms with Crippen molar-refractivity contribution in [1.82, 2.24) is 19.7 Å². The molecular weight excluding hydrogens is 413 g/mol. The van der Waals surface area contributed by atoms with Gasteiger partial charge in [0.1, 0.15) is 11.5 Å². The molecule has 1 fully saturated rings. The van der Waals surface area contributed by atoms with E-state index >= 15 is 0 Å². The number of alkyl halides is 3. The van der Waals surface area contributed by atoms with Gasteiger partial charge in [-0.1, -0.05) is 12.1 Å². The van der Waals surface area contributed by atoms with Gasteiger partial charge in [0.05, 0.1) is 11.0 Å². The van der Waals surface area contributed by atoms with Gasteiger partial charge in [0.2, 0.25) is 0 Å². The summed E-state index contributed by atoms with van der Waals surface area (Å²) in [5, 5.41) is 15.0. The molecule has 1 aliphatic heterocycles. The lowest BCUT2D eigenvalue weighted by Crippen LogP contribution is -2.38. The highest BCUT2D eigenvalue weighted by Crippen LogP contribution is 2.34. The van der Waals surface area contributed by atoms with Crippen LogP contribution in [-0.2, 0) is 6.18 Å². The molecule has 3 aromatic rings. The Balaban J connectivity index is 1.64. The fourth-order valence-electron chi connectivity index (χ4n) is 3.79. The minimum Gasteiger partial charge on any atom is -0.354 e. The van der Waals surface area contributed by atoms with E-state index in [1.54, 1.807) is 25.1 Å². The third-order valence-corrected chi connectivity index (χ3v) is 5.18. The van der Waals surface area contributed by atoms with Gasteiger partial charge in [0.25, 0.3) is 5.69 Å². The van der Waals surface area contributed by atoms with E-state index in [4.69, 9.17) is 0 Å². The lowest BCUT2D eigenvalue weighted by Gasteiger charge is -2.34. The van der Waals surface area contributed by atoms with Crippen molar-refractivity contribution in [2.24, 2.45) is 0 Å². The van der Waals surface area contributed by atoms with Crippen LogP contribution < -0.4 is 4.90 Å². The number of aryl methyl sites for hydroxylation is 1. The van der Waals surface area contributed by atoms with E-state index in [-0.39, 0.29) is 5.69 Å². The summed E-state index contributed by atoms with van der Waals surface area (Å²) in [4.78, 5) is 21.4. The number of nitro groups is 1. The van der Waals surface area contributed by atoms with E-state index in [0.717, 1.165) is 16.9 Å². The normalized spacial score (nSPS) is 17.0. The first-order valence-corrected chi connectivity index (χ1v) is 9.68. The van der Waals surface area contributed by atoms with Crippen LogP contribution in [0.15, 0.2) is 42.6 Å². The molecule has 31 heavy (non-hydrogen) atoms. The van der Waals surface area contributed by atoms with Crippen LogP contribution in [0.3, 0.4) is 0 Å². The topological polar surface area (TPSA) is 90.0 Å². The molecule has 2 aromatic heterocycles. The predicted octanol–water partition coefficient (Wildman–Crippen LogP) is 4.42. The van der Waals surface area contributed by atoms with Crippen molar-refractivity contribution in [3.05, 3.63) is 64.1 Å². The Morgan fingerprint density at radius 1 is 1.19 bits per heavy atom. The molecule has 0 saturated carbocycles. The lowest BCUT2D eigenvalue weighted by atomic mass is 10.1. The van der Waals surface area contributed by atoms with E-state index in [9.17, 15) is 23.3 Å². The van der Waals surface area contributed by atoms with Gasteiger partial charge in [-0.15, -0.1) is 0 Å². The van der Waals surface area contributed by atoms with Gasteiger partial charge in [0, 0.05) is 48.7 Å². The zero-order chi connectivity index (χ0) is 22.2. The van der Waals surface area contributed by atoms with Gasteiger partial charge in [-0.3, -0.25) is 14.8 Å². The Labute approximate surface area is 175 Å². The molecule has 1 aliphatic rings. The minimum atomic E-state index is -4.47. The summed E-state index contributed by atoms with van der Waals surface area (Å²) in [5.74, 6) is 0.898. The van der Waals surface area contributed by atoms with Crippen LogP contribution in [0.25, 0.3) is 11.4 Å². The largest absolute Gasteiger partial charge is 0.433 e. The number of non-ortho nitro benzene ring substituents is 1. The Hall–Kier alpha value is -3.50. The van der Waals surface area contributed by atoms with Crippen molar-refractivity contribution in [2.45, 2.75) is 32.0 Å². The number of nitrogens with zero attached hydrogens (tertiary/aromatic N) is 6. The van der Waals surface area contributed by atoms with Crippen LogP contribution in [0.5, 0.6) is 0 Å². The summed E-state index contributed by atoms with van der Waals surface area (Å²) < 4.78 is 40.9. The second-order valence-electron chi connectivity index (χ2n) is 7.40. The number of halogens is 3. The number of aromatic nitrogens is 4. The number of benzene rings is 1. The van der Waals surface area contributed by atoms with E-state index in [1.807, 2.05) is 4.90 Å². The first-order chi connectivity index (χ1) is 14.7. The quantitative estimate of drug-likeness (QED) is 0.448. The van der Waals surface area contributed by atoms with Crippen LogP contribution in [-0.4, -0.2) is 37.8 Å². The fourth-order valence-corrected chi connectivity index (χ4v) is 3.79. The third-order valence-electron chi connectivity index (χ3n) is 5.18. The Bertz CT molecular complexity index is 1110. The molecular formula is C20H19F3N6O2. The first-order valence-electron chi connectivity index (χ1n) is 9.68. The molecule has 1 saturated heterocycles. The molecule has 4 rings (SSSR count). The number of piperidine rings is 1. The SMILES string of the molecule is Cc1cc(N2CCC[C@H](n3nccc3C(F)(F)F)C2)nc(-c2cccc([N+](=O)[O-])c2)n1. The molecule has 162 valence electrons. The molecule has 0 spiro atoms. The molecule has 0 amide bonds. The highest BCUT2D eigenvalue weighted by atomic mass is 19.4. The smallest absolute Gasteiger partial charge is 0.354 e. The van der Waals surface area contributed by atoms with Gasteiger partial charge in [-0.05, 0) is 25.8 Å².